The number of aliphatic hydroxyl groups is 1. The first-order valence-electron chi connectivity index (χ1n) is 11.9. The maximum atomic E-state index is 13.4. The third-order valence-corrected chi connectivity index (χ3v) is 6.15. The van der Waals surface area contributed by atoms with Crippen LogP contribution in [0.1, 0.15) is 47.7 Å². The highest BCUT2D eigenvalue weighted by molar-refractivity contribution is 6.51. The molecular weight excluding hydrogens is 438 g/mol. The van der Waals surface area contributed by atoms with Crippen molar-refractivity contribution in [2.24, 2.45) is 5.92 Å². The number of anilines is 1. The van der Waals surface area contributed by atoms with E-state index >= 15 is 0 Å². The third kappa shape index (κ3) is 4.85. The predicted octanol–water partition coefficient (Wildman–Crippen LogP) is 6.27. The summed E-state index contributed by atoms with van der Waals surface area (Å²) < 4.78 is 5.82. The zero-order chi connectivity index (χ0) is 25.3. The molecule has 1 atom stereocenters. The normalized spacial score (nSPS) is 17.3. The molecule has 0 radical (unpaired) electrons. The van der Waals surface area contributed by atoms with Crippen LogP contribution in [0.2, 0.25) is 0 Å². The van der Waals surface area contributed by atoms with E-state index in [0.29, 0.717) is 29.5 Å². The number of aliphatic hydroxyl groups excluding tert-OH is 1. The Morgan fingerprint density at radius 2 is 1.63 bits per heavy atom. The molecule has 1 unspecified atom stereocenters. The second-order valence-electron chi connectivity index (χ2n) is 9.60. The van der Waals surface area contributed by atoms with Gasteiger partial charge in [0.05, 0.1) is 18.2 Å². The standard InChI is InChI=1S/C30H31NO4/c1-18(2)17-35-24-13-11-22(12-14-24)27-26(28(32)25-16-20(4)9-10-21(25)5)29(33)30(34)31(27)23-8-6-7-19(3)15-23/h6-16,18,27,32H,17H2,1-5H3/b28-26+. The zero-order valence-corrected chi connectivity index (χ0v) is 20.8. The van der Waals surface area contributed by atoms with Gasteiger partial charge in [0.15, 0.2) is 0 Å². The van der Waals surface area contributed by atoms with Gasteiger partial charge in [-0.15, -0.1) is 0 Å². The molecule has 0 spiro atoms. The first-order valence-corrected chi connectivity index (χ1v) is 11.9. The molecule has 1 saturated heterocycles. The number of hydrogen-bond acceptors (Lipinski definition) is 4. The van der Waals surface area contributed by atoms with E-state index in [1.807, 2.05) is 87.5 Å². The quantitative estimate of drug-likeness (QED) is 0.262. The van der Waals surface area contributed by atoms with E-state index < -0.39 is 17.7 Å². The van der Waals surface area contributed by atoms with Gasteiger partial charge in [0.2, 0.25) is 0 Å². The molecule has 1 aliphatic rings. The molecular formula is C30H31NO4. The summed E-state index contributed by atoms with van der Waals surface area (Å²) in [4.78, 5) is 28.2. The minimum atomic E-state index is -0.768. The van der Waals surface area contributed by atoms with Crippen molar-refractivity contribution in [2.75, 3.05) is 11.5 Å². The molecule has 0 bridgehead atoms. The number of hydrogen-bond donors (Lipinski definition) is 1. The fourth-order valence-electron chi connectivity index (χ4n) is 4.34. The molecule has 0 aromatic heterocycles. The van der Waals surface area contributed by atoms with E-state index in [1.165, 1.54) is 4.90 Å². The Labute approximate surface area is 206 Å². The Balaban J connectivity index is 1.88. The van der Waals surface area contributed by atoms with Gasteiger partial charge in [0.1, 0.15) is 11.5 Å². The topological polar surface area (TPSA) is 66.8 Å². The van der Waals surface area contributed by atoms with Crippen LogP contribution in [-0.2, 0) is 9.59 Å². The van der Waals surface area contributed by atoms with Gasteiger partial charge < -0.3 is 9.84 Å². The third-order valence-electron chi connectivity index (χ3n) is 6.15. The maximum absolute atomic E-state index is 13.4. The highest BCUT2D eigenvalue weighted by Crippen LogP contribution is 2.43. The van der Waals surface area contributed by atoms with E-state index in [1.54, 1.807) is 0 Å². The van der Waals surface area contributed by atoms with Crippen LogP contribution in [0.4, 0.5) is 5.69 Å². The lowest BCUT2D eigenvalue weighted by molar-refractivity contribution is -0.132. The van der Waals surface area contributed by atoms with E-state index in [2.05, 4.69) is 13.8 Å². The van der Waals surface area contributed by atoms with Crippen LogP contribution >= 0.6 is 0 Å². The molecule has 5 heteroatoms. The van der Waals surface area contributed by atoms with Crippen molar-refractivity contribution in [2.45, 2.75) is 40.7 Å². The molecule has 4 rings (SSSR count). The second-order valence-corrected chi connectivity index (χ2v) is 9.60. The number of ether oxygens (including phenoxy) is 1. The van der Waals surface area contributed by atoms with Gasteiger partial charge in [0, 0.05) is 11.3 Å². The number of nitrogens with zero attached hydrogens (tertiary/aromatic N) is 1. The Morgan fingerprint density at radius 1 is 0.943 bits per heavy atom. The smallest absolute Gasteiger partial charge is 0.300 e. The number of benzene rings is 3. The van der Waals surface area contributed by atoms with Gasteiger partial charge in [-0.3, -0.25) is 14.5 Å². The molecule has 180 valence electrons. The van der Waals surface area contributed by atoms with Crippen LogP contribution < -0.4 is 9.64 Å². The lowest BCUT2D eigenvalue weighted by Gasteiger charge is -2.26. The largest absolute Gasteiger partial charge is 0.507 e. The van der Waals surface area contributed by atoms with E-state index in [4.69, 9.17) is 4.74 Å². The van der Waals surface area contributed by atoms with Crippen LogP contribution in [0, 0.1) is 26.7 Å². The number of carbonyl (C=O) groups is 2. The fraction of sp³-hybridized carbons (Fsp3) is 0.267. The lowest BCUT2D eigenvalue weighted by atomic mass is 9.93. The number of Topliss-reactive ketones (excluding diaryl/α,β-unsaturated/α-hetero) is 1. The molecule has 1 N–H and O–H groups in total. The van der Waals surface area contributed by atoms with Crippen molar-refractivity contribution in [1.82, 2.24) is 0 Å². The number of carbonyl (C=O) groups excluding carboxylic acids is 2. The summed E-state index contributed by atoms with van der Waals surface area (Å²) in [7, 11) is 0. The van der Waals surface area contributed by atoms with Crippen molar-refractivity contribution in [3.8, 4) is 5.75 Å². The van der Waals surface area contributed by atoms with E-state index in [-0.39, 0.29) is 11.3 Å². The van der Waals surface area contributed by atoms with Crippen LogP contribution in [0.5, 0.6) is 5.75 Å². The van der Waals surface area contributed by atoms with Crippen LogP contribution in [0.25, 0.3) is 5.76 Å². The lowest BCUT2D eigenvalue weighted by Crippen LogP contribution is -2.29. The van der Waals surface area contributed by atoms with Crippen LogP contribution in [-0.4, -0.2) is 23.4 Å². The van der Waals surface area contributed by atoms with Crippen molar-refractivity contribution in [3.63, 3.8) is 0 Å². The maximum Gasteiger partial charge on any atom is 0.300 e. The summed E-state index contributed by atoms with van der Waals surface area (Å²) in [5, 5.41) is 11.4. The van der Waals surface area contributed by atoms with Crippen molar-refractivity contribution in [1.29, 1.82) is 0 Å². The molecule has 5 nitrogen and oxygen atoms in total. The number of amides is 1. The molecule has 35 heavy (non-hydrogen) atoms. The molecule has 3 aromatic carbocycles. The SMILES string of the molecule is Cc1cccc(N2C(=O)C(=O)/C(=C(/O)c3cc(C)ccc3C)C2c2ccc(OCC(C)C)cc2)c1. The highest BCUT2D eigenvalue weighted by Gasteiger charge is 2.47. The minimum absolute atomic E-state index is 0.0843. The summed E-state index contributed by atoms with van der Waals surface area (Å²) in [6, 6.07) is 19.8. The van der Waals surface area contributed by atoms with Gasteiger partial charge in [-0.1, -0.05) is 55.8 Å². The van der Waals surface area contributed by atoms with Crippen LogP contribution in [0.3, 0.4) is 0 Å². The summed E-state index contributed by atoms with van der Waals surface area (Å²) in [6.45, 7) is 10.5. The Morgan fingerprint density at radius 3 is 2.29 bits per heavy atom. The summed E-state index contributed by atoms with van der Waals surface area (Å²) >= 11 is 0. The first kappa shape index (κ1) is 24.3. The minimum Gasteiger partial charge on any atom is -0.507 e. The van der Waals surface area contributed by atoms with Gasteiger partial charge in [-0.2, -0.15) is 0 Å². The summed E-state index contributed by atoms with van der Waals surface area (Å²) in [5.41, 5.74) is 4.70. The Hall–Kier alpha value is -3.86. The van der Waals surface area contributed by atoms with E-state index in [0.717, 1.165) is 22.3 Å². The van der Waals surface area contributed by atoms with Crippen molar-refractivity contribution in [3.05, 3.63) is 100 Å². The van der Waals surface area contributed by atoms with Crippen LogP contribution in [0.15, 0.2) is 72.3 Å². The van der Waals surface area contributed by atoms with Gasteiger partial charge in [0.25, 0.3) is 11.7 Å². The number of ketones is 1. The fourth-order valence-corrected chi connectivity index (χ4v) is 4.34. The van der Waals surface area contributed by atoms with Gasteiger partial charge >= 0.3 is 0 Å². The molecule has 1 amide bonds. The predicted molar refractivity (Wildman–Crippen MR) is 139 cm³/mol. The number of aryl methyl sites for hydroxylation is 3. The Kier molecular flexibility index (Phi) is 6.79. The Bertz CT molecular complexity index is 1300. The summed E-state index contributed by atoms with van der Waals surface area (Å²) in [5.74, 6) is -0.419. The van der Waals surface area contributed by atoms with Crippen molar-refractivity contribution >= 4 is 23.1 Å². The molecule has 1 heterocycles. The molecule has 1 aliphatic heterocycles. The van der Waals surface area contributed by atoms with Gasteiger partial charge in [-0.25, -0.2) is 0 Å². The average molecular weight is 470 g/mol. The average Bonchev–Trinajstić information content (AvgIpc) is 3.09. The number of rotatable bonds is 6. The monoisotopic (exact) mass is 469 g/mol. The molecule has 0 aliphatic carbocycles. The first-order chi connectivity index (χ1) is 16.7. The highest BCUT2D eigenvalue weighted by atomic mass is 16.5. The molecule has 1 fully saturated rings. The molecule has 0 saturated carbocycles. The molecule has 3 aromatic rings. The summed E-state index contributed by atoms with van der Waals surface area (Å²) in [6.07, 6.45) is 0. The van der Waals surface area contributed by atoms with Crippen molar-refractivity contribution < 1.29 is 19.4 Å². The van der Waals surface area contributed by atoms with E-state index in [9.17, 15) is 14.7 Å². The second kappa shape index (κ2) is 9.79. The zero-order valence-electron chi connectivity index (χ0n) is 20.8. The van der Waals surface area contributed by atoms with Gasteiger partial charge in [-0.05, 0) is 73.7 Å².